The molecule has 1 saturated carbocycles. The average molecular weight is 327 g/mol. The number of aromatic nitrogens is 1. The highest BCUT2D eigenvalue weighted by atomic mass is 79.9. The zero-order valence-corrected chi connectivity index (χ0v) is 12.5. The minimum atomic E-state index is -0.284. The highest BCUT2D eigenvalue weighted by molar-refractivity contribution is 9.09. The van der Waals surface area contributed by atoms with Crippen LogP contribution in [0.15, 0.2) is 23.3 Å². The lowest BCUT2D eigenvalue weighted by Crippen LogP contribution is -2.41. The molecule has 0 aromatic carbocycles. The monoisotopic (exact) mass is 326 g/mol. The molecule has 0 aliphatic heterocycles. The number of aromatic amines is 1. The van der Waals surface area contributed by atoms with Crippen LogP contribution in [-0.4, -0.2) is 22.8 Å². The maximum atomic E-state index is 12.0. The number of alkyl halides is 1. The van der Waals surface area contributed by atoms with E-state index in [1.165, 1.54) is 37.7 Å². The Hall–Kier alpha value is -1.10. The SMILES string of the molecule is O=C(NCC1(CBr)CCCCC1)c1c[nH]ccc1=O. The first-order valence-corrected chi connectivity index (χ1v) is 7.80. The summed E-state index contributed by atoms with van der Waals surface area (Å²) in [5.74, 6) is -0.284. The molecule has 2 rings (SSSR count). The number of hydrogen-bond acceptors (Lipinski definition) is 2. The Morgan fingerprint density at radius 3 is 2.74 bits per heavy atom. The highest BCUT2D eigenvalue weighted by Crippen LogP contribution is 2.37. The number of carbonyl (C=O) groups excluding carboxylic acids is 1. The number of hydrogen-bond donors (Lipinski definition) is 2. The number of halogens is 1. The first-order valence-electron chi connectivity index (χ1n) is 6.68. The number of nitrogens with one attached hydrogen (secondary N) is 2. The van der Waals surface area contributed by atoms with Gasteiger partial charge in [0.15, 0.2) is 5.43 Å². The van der Waals surface area contributed by atoms with Gasteiger partial charge in [-0.2, -0.15) is 0 Å². The summed E-state index contributed by atoms with van der Waals surface area (Å²) >= 11 is 3.57. The van der Waals surface area contributed by atoms with Gasteiger partial charge >= 0.3 is 0 Å². The standard InChI is InChI=1S/C14H19BrN2O2/c15-9-14(5-2-1-3-6-14)10-17-13(19)11-8-16-7-4-12(11)18/h4,7-8H,1-3,5-6,9-10H2,(H,16,18)(H,17,19). The zero-order chi connectivity index (χ0) is 13.7. The fourth-order valence-corrected chi connectivity index (χ4v) is 3.38. The number of carbonyl (C=O) groups is 1. The molecule has 2 N–H and O–H groups in total. The van der Waals surface area contributed by atoms with E-state index in [9.17, 15) is 9.59 Å². The van der Waals surface area contributed by atoms with Crippen LogP contribution in [0.1, 0.15) is 42.5 Å². The van der Waals surface area contributed by atoms with E-state index in [4.69, 9.17) is 0 Å². The third kappa shape index (κ3) is 3.47. The first kappa shape index (κ1) is 14.3. The Balaban J connectivity index is 2.00. The molecular formula is C14H19BrN2O2. The second kappa shape index (κ2) is 6.37. The second-order valence-electron chi connectivity index (χ2n) is 5.30. The van der Waals surface area contributed by atoms with Crippen LogP contribution in [0.2, 0.25) is 0 Å². The number of rotatable bonds is 4. The molecule has 1 heterocycles. The van der Waals surface area contributed by atoms with Crippen LogP contribution >= 0.6 is 15.9 Å². The zero-order valence-electron chi connectivity index (χ0n) is 10.9. The van der Waals surface area contributed by atoms with Crippen LogP contribution in [0.4, 0.5) is 0 Å². The molecule has 4 nitrogen and oxygen atoms in total. The van der Waals surface area contributed by atoms with E-state index in [1.54, 1.807) is 0 Å². The largest absolute Gasteiger partial charge is 0.367 e. The molecule has 0 atom stereocenters. The third-order valence-corrected chi connectivity index (χ3v) is 5.08. The van der Waals surface area contributed by atoms with Gasteiger partial charge in [-0.3, -0.25) is 9.59 Å². The highest BCUT2D eigenvalue weighted by Gasteiger charge is 2.31. The van der Waals surface area contributed by atoms with Gasteiger partial charge in [0.1, 0.15) is 5.56 Å². The molecule has 1 amide bonds. The van der Waals surface area contributed by atoms with Crippen LogP contribution in [0.3, 0.4) is 0 Å². The normalized spacial score (nSPS) is 17.9. The quantitative estimate of drug-likeness (QED) is 0.835. The summed E-state index contributed by atoms with van der Waals surface area (Å²) < 4.78 is 0. The van der Waals surface area contributed by atoms with E-state index < -0.39 is 0 Å². The Kier molecular flexibility index (Phi) is 4.80. The van der Waals surface area contributed by atoms with Crippen molar-refractivity contribution in [3.63, 3.8) is 0 Å². The Morgan fingerprint density at radius 1 is 1.37 bits per heavy atom. The van der Waals surface area contributed by atoms with Crippen molar-refractivity contribution in [3.8, 4) is 0 Å². The maximum Gasteiger partial charge on any atom is 0.256 e. The summed E-state index contributed by atoms with van der Waals surface area (Å²) in [5.41, 5.74) is 0.0888. The van der Waals surface area contributed by atoms with Crippen molar-refractivity contribution in [3.05, 3.63) is 34.2 Å². The van der Waals surface area contributed by atoms with Crippen molar-refractivity contribution < 1.29 is 4.79 Å². The molecule has 1 fully saturated rings. The van der Waals surface area contributed by atoms with Crippen LogP contribution in [-0.2, 0) is 0 Å². The molecule has 0 saturated heterocycles. The van der Waals surface area contributed by atoms with E-state index in [0.717, 1.165) is 18.2 Å². The predicted octanol–water partition coefficient (Wildman–Crippen LogP) is 2.45. The van der Waals surface area contributed by atoms with E-state index in [2.05, 4.69) is 26.2 Å². The summed E-state index contributed by atoms with van der Waals surface area (Å²) in [6, 6.07) is 1.37. The third-order valence-electron chi connectivity index (χ3n) is 3.89. The van der Waals surface area contributed by atoms with Gasteiger partial charge in [-0.05, 0) is 18.3 Å². The van der Waals surface area contributed by atoms with Crippen molar-refractivity contribution in [1.82, 2.24) is 10.3 Å². The summed E-state index contributed by atoms with van der Waals surface area (Å²) in [5, 5.41) is 3.81. The fourth-order valence-electron chi connectivity index (χ4n) is 2.62. The van der Waals surface area contributed by atoms with Crippen molar-refractivity contribution in [2.75, 3.05) is 11.9 Å². The van der Waals surface area contributed by atoms with Crippen molar-refractivity contribution >= 4 is 21.8 Å². The lowest BCUT2D eigenvalue weighted by atomic mass is 9.75. The molecule has 0 unspecified atom stereocenters. The molecule has 5 heteroatoms. The van der Waals surface area contributed by atoms with Gasteiger partial charge in [-0.1, -0.05) is 35.2 Å². The average Bonchev–Trinajstić information content (AvgIpc) is 2.46. The van der Waals surface area contributed by atoms with Crippen molar-refractivity contribution in [2.24, 2.45) is 5.41 Å². The molecule has 0 spiro atoms. The Morgan fingerprint density at radius 2 is 2.11 bits per heavy atom. The molecule has 19 heavy (non-hydrogen) atoms. The second-order valence-corrected chi connectivity index (χ2v) is 5.86. The first-order chi connectivity index (χ1) is 9.17. The summed E-state index contributed by atoms with van der Waals surface area (Å²) in [4.78, 5) is 26.4. The van der Waals surface area contributed by atoms with Crippen LogP contribution < -0.4 is 10.7 Å². The summed E-state index contributed by atoms with van der Waals surface area (Å²) in [6.07, 6.45) is 8.95. The smallest absolute Gasteiger partial charge is 0.256 e. The van der Waals surface area contributed by atoms with Crippen molar-refractivity contribution in [2.45, 2.75) is 32.1 Å². The lowest BCUT2D eigenvalue weighted by Gasteiger charge is -2.35. The molecule has 1 aliphatic carbocycles. The van der Waals surface area contributed by atoms with Gasteiger partial charge in [0, 0.05) is 30.3 Å². The molecule has 1 aliphatic rings. The van der Waals surface area contributed by atoms with Gasteiger partial charge in [0.05, 0.1) is 0 Å². The minimum absolute atomic E-state index is 0.148. The number of pyridine rings is 1. The molecule has 0 bridgehead atoms. The van der Waals surface area contributed by atoms with Gasteiger partial charge in [-0.25, -0.2) is 0 Å². The number of amides is 1. The van der Waals surface area contributed by atoms with Gasteiger partial charge in [0.25, 0.3) is 5.91 Å². The van der Waals surface area contributed by atoms with E-state index >= 15 is 0 Å². The topological polar surface area (TPSA) is 62.0 Å². The Bertz CT molecular complexity index is 492. The maximum absolute atomic E-state index is 12.0. The molecule has 1 aromatic heterocycles. The Labute approximate surface area is 121 Å². The van der Waals surface area contributed by atoms with Gasteiger partial charge in [-0.15, -0.1) is 0 Å². The molecule has 104 valence electrons. The molecule has 1 aromatic rings. The van der Waals surface area contributed by atoms with Crippen LogP contribution in [0.25, 0.3) is 0 Å². The minimum Gasteiger partial charge on any atom is -0.367 e. The van der Waals surface area contributed by atoms with E-state index in [1.807, 2.05) is 0 Å². The van der Waals surface area contributed by atoms with Crippen LogP contribution in [0, 0.1) is 5.41 Å². The summed E-state index contributed by atoms with van der Waals surface area (Å²) in [7, 11) is 0. The van der Waals surface area contributed by atoms with Gasteiger partial charge in [0.2, 0.25) is 0 Å². The fraction of sp³-hybridized carbons (Fsp3) is 0.571. The van der Waals surface area contributed by atoms with Crippen molar-refractivity contribution in [1.29, 1.82) is 0 Å². The molecule has 0 radical (unpaired) electrons. The van der Waals surface area contributed by atoms with Crippen LogP contribution in [0.5, 0.6) is 0 Å². The van der Waals surface area contributed by atoms with E-state index in [-0.39, 0.29) is 22.3 Å². The molecular weight excluding hydrogens is 308 g/mol. The van der Waals surface area contributed by atoms with E-state index in [0.29, 0.717) is 6.54 Å². The number of H-pyrrole nitrogens is 1. The predicted molar refractivity (Wildman–Crippen MR) is 78.7 cm³/mol. The van der Waals surface area contributed by atoms with Gasteiger partial charge < -0.3 is 10.3 Å². The summed E-state index contributed by atoms with van der Waals surface area (Å²) in [6.45, 7) is 0.630. The lowest BCUT2D eigenvalue weighted by molar-refractivity contribution is 0.0920.